The Morgan fingerprint density at radius 3 is 2.90 bits per heavy atom. The van der Waals surface area contributed by atoms with E-state index in [4.69, 9.17) is 4.74 Å². The fourth-order valence-electron chi connectivity index (χ4n) is 2.94. The number of anilines is 1. The zero-order valence-electron chi connectivity index (χ0n) is 12.2. The van der Waals surface area contributed by atoms with Gasteiger partial charge < -0.3 is 9.64 Å². The van der Waals surface area contributed by atoms with E-state index in [0.717, 1.165) is 25.1 Å². The molecule has 0 N–H and O–H groups in total. The molecular weight excluding hydrogens is 260 g/mol. The largest absolute Gasteiger partial charge is 0.495 e. The van der Waals surface area contributed by atoms with Gasteiger partial charge in [0.2, 0.25) is 0 Å². The van der Waals surface area contributed by atoms with Crippen molar-refractivity contribution in [1.82, 2.24) is 0 Å². The van der Waals surface area contributed by atoms with E-state index in [1.54, 1.807) is 7.11 Å². The summed E-state index contributed by atoms with van der Waals surface area (Å²) in [5.41, 5.74) is 4.47. The quantitative estimate of drug-likeness (QED) is 0.862. The van der Waals surface area contributed by atoms with E-state index >= 15 is 0 Å². The molecule has 1 heterocycles. The van der Waals surface area contributed by atoms with Crippen LogP contribution in [0.4, 0.5) is 5.69 Å². The Balaban J connectivity index is 1.87. The molecule has 0 fully saturated rings. The number of nitrogens with zero attached hydrogens (tertiary/aromatic N) is 2. The lowest BCUT2D eigenvalue weighted by Crippen LogP contribution is -2.28. The van der Waals surface area contributed by atoms with E-state index in [2.05, 4.69) is 35.2 Å². The fraction of sp³-hybridized carbons (Fsp3) is 0.278. The van der Waals surface area contributed by atoms with Gasteiger partial charge in [-0.3, -0.25) is 0 Å². The van der Waals surface area contributed by atoms with Gasteiger partial charge in [0.25, 0.3) is 0 Å². The molecule has 0 atom stereocenters. The zero-order valence-corrected chi connectivity index (χ0v) is 12.2. The molecule has 1 aliphatic rings. The standard InChI is InChI=1S/C18H18N2O/c1-21-18-9-8-14(11-16(18)12-19)13-20-10-4-6-15-5-2-3-7-17(15)20/h2-3,5,7-9,11H,4,6,10,13H2,1H3. The van der Waals surface area contributed by atoms with Crippen molar-refractivity contribution in [2.75, 3.05) is 18.6 Å². The first-order valence-corrected chi connectivity index (χ1v) is 7.21. The number of rotatable bonds is 3. The van der Waals surface area contributed by atoms with Crippen molar-refractivity contribution in [3.63, 3.8) is 0 Å². The number of hydrogen-bond donors (Lipinski definition) is 0. The summed E-state index contributed by atoms with van der Waals surface area (Å²) < 4.78 is 5.20. The molecule has 0 aromatic heterocycles. The monoisotopic (exact) mass is 278 g/mol. The Morgan fingerprint density at radius 2 is 2.10 bits per heavy atom. The summed E-state index contributed by atoms with van der Waals surface area (Å²) in [5.74, 6) is 0.639. The van der Waals surface area contributed by atoms with Crippen LogP contribution < -0.4 is 9.64 Å². The van der Waals surface area contributed by atoms with Crippen LogP contribution in [0.5, 0.6) is 5.75 Å². The van der Waals surface area contributed by atoms with Crippen LogP contribution in [0.15, 0.2) is 42.5 Å². The summed E-state index contributed by atoms with van der Waals surface area (Å²) in [5, 5.41) is 9.19. The molecule has 2 aromatic carbocycles. The second kappa shape index (κ2) is 5.88. The predicted molar refractivity (Wildman–Crippen MR) is 83.5 cm³/mol. The minimum atomic E-state index is 0.597. The molecule has 1 aliphatic heterocycles. The number of nitriles is 1. The maximum atomic E-state index is 9.19. The molecule has 106 valence electrons. The van der Waals surface area contributed by atoms with Gasteiger partial charge in [0.15, 0.2) is 0 Å². The van der Waals surface area contributed by atoms with E-state index in [1.807, 2.05) is 18.2 Å². The number of benzene rings is 2. The van der Waals surface area contributed by atoms with Gasteiger partial charge in [0.05, 0.1) is 12.7 Å². The lowest BCUT2D eigenvalue weighted by Gasteiger charge is -2.31. The minimum absolute atomic E-state index is 0.597. The summed E-state index contributed by atoms with van der Waals surface area (Å²) in [4.78, 5) is 2.39. The molecule has 0 bridgehead atoms. The summed E-state index contributed by atoms with van der Waals surface area (Å²) in [7, 11) is 1.59. The maximum Gasteiger partial charge on any atom is 0.136 e. The van der Waals surface area contributed by atoms with Gasteiger partial charge in [-0.25, -0.2) is 0 Å². The van der Waals surface area contributed by atoms with Crippen molar-refractivity contribution in [2.24, 2.45) is 0 Å². The van der Waals surface area contributed by atoms with Crippen LogP contribution in [0.1, 0.15) is 23.1 Å². The van der Waals surface area contributed by atoms with Crippen LogP contribution in [0, 0.1) is 11.3 Å². The molecule has 0 saturated carbocycles. The summed E-state index contributed by atoms with van der Waals surface area (Å²) >= 11 is 0. The molecule has 0 saturated heterocycles. The Bertz CT molecular complexity index is 688. The van der Waals surface area contributed by atoms with Gasteiger partial charge in [-0.1, -0.05) is 24.3 Å². The van der Waals surface area contributed by atoms with E-state index in [-0.39, 0.29) is 0 Å². The van der Waals surface area contributed by atoms with Gasteiger partial charge in [-0.2, -0.15) is 5.26 Å². The molecule has 0 amide bonds. The first kappa shape index (κ1) is 13.5. The summed E-state index contributed by atoms with van der Waals surface area (Å²) in [6, 6.07) is 16.6. The third-order valence-electron chi connectivity index (χ3n) is 3.96. The first-order chi connectivity index (χ1) is 10.3. The molecule has 3 heteroatoms. The lowest BCUT2D eigenvalue weighted by atomic mass is 10.0. The summed E-state index contributed by atoms with van der Waals surface area (Å²) in [6.07, 6.45) is 2.33. The number of hydrogen-bond acceptors (Lipinski definition) is 3. The van der Waals surface area contributed by atoms with Gasteiger partial charge in [0, 0.05) is 18.8 Å². The second-order valence-electron chi connectivity index (χ2n) is 5.30. The Morgan fingerprint density at radius 1 is 1.24 bits per heavy atom. The van der Waals surface area contributed by atoms with E-state index in [9.17, 15) is 5.26 Å². The zero-order chi connectivity index (χ0) is 14.7. The van der Waals surface area contributed by atoms with Gasteiger partial charge >= 0.3 is 0 Å². The lowest BCUT2D eigenvalue weighted by molar-refractivity contribution is 0.413. The highest BCUT2D eigenvalue weighted by Gasteiger charge is 2.16. The average molecular weight is 278 g/mol. The Kier molecular flexibility index (Phi) is 3.79. The number of fused-ring (bicyclic) bond motifs is 1. The van der Waals surface area contributed by atoms with E-state index in [0.29, 0.717) is 11.3 Å². The molecular formula is C18H18N2O. The third-order valence-corrected chi connectivity index (χ3v) is 3.96. The average Bonchev–Trinajstić information content (AvgIpc) is 2.55. The van der Waals surface area contributed by atoms with Crippen molar-refractivity contribution in [3.8, 4) is 11.8 Å². The highest BCUT2D eigenvalue weighted by atomic mass is 16.5. The minimum Gasteiger partial charge on any atom is -0.495 e. The fourth-order valence-corrected chi connectivity index (χ4v) is 2.94. The highest BCUT2D eigenvalue weighted by molar-refractivity contribution is 5.56. The molecule has 3 rings (SSSR count). The Hall–Kier alpha value is -2.47. The summed E-state index contributed by atoms with van der Waals surface area (Å²) in [6.45, 7) is 1.89. The van der Waals surface area contributed by atoms with Crippen molar-refractivity contribution in [1.29, 1.82) is 5.26 Å². The molecule has 0 aliphatic carbocycles. The molecule has 0 radical (unpaired) electrons. The van der Waals surface area contributed by atoms with Gasteiger partial charge in [-0.05, 0) is 42.2 Å². The van der Waals surface area contributed by atoms with Crippen LogP contribution in [0.25, 0.3) is 0 Å². The van der Waals surface area contributed by atoms with Crippen LogP contribution in [0.2, 0.25) is 0 Å². The van der Waals surface area contributed by atoms with Crippen LogP contribution in [-0.2, 0) is 13.0 Å². The Labute approximate surface area is 125 Å². The van der Waals surface area contributed by atoms with Gasteiger partial charge in [-0.15, -0.1) is 0 Å². The number of para-hydroxylation sites is 1. The van der Waals surface area contributed by atoms with Crippen LogP contribution in [0.3, 0.4) is 0 Å². The smallest absolute Gasteiger partial charge is 0.136 e. The third kappa shape index (κ3) is 2.71. The molecule has 21 heavy (non-hydrogen) atoms. The van der Waals surface area contributed by atoms with E-state index in [1.165, 1.54) is 17.7 Å². The molecule has 3 nitrogen and oxygen atoms in total. The van der Waals surface area contributed by atoms with Crippen molar-refractivity contribution >= 4 is 5.69 Å². The van der Waals surface area contributed by atoms with Crippen molar-refractivity contribution in [2.45, 2.75) is 19.4 Å². The topological polar surface area (TPSA) is 36.3 Å². The highest BCUT2D eigenvalue weighted by Crippen LogP contribution is 2.29. The predicted octanol–water partition coefficient (Wildman–Crippen LogP) is 3.52. The molecule has 0 unspecified atom stereocenters. The number of aryl methyl sites for hydroxylation is 1. The van der Waals surface area contributed by atoms with Crippen molar-refractivity contribution in [3.05, 3.63) is 59.2 Å². The first-order valence-electron chi connectivity index (χ1n) is 7.21. The normalized spacial score (nSPS) is 13.4. The van der Waals surface area contributed by atoms with E-state index < -0.39 is 0 Å². The number of ether oxygens (including phenoxy) is 1. The van der Waals surface area contributed by atoms with Crippen molar-refractivity contribution < 1.29 is 4.74 Å². The molecule has 0 spiro atoms. The maximum absolute atomic E-state index is 9.19. The second-order valence-corrected chi connectivity index (χ2v) is 5.30. The molecule has 2 aromatic rings. The van der Waals surface area contributed by atoms with Crippen LogP contribution in [-0.4, -0.2) is 13.7 Å². The van der Waals surface area contributed by atoms with Crippen LogP contribution >= 0.6 is 0 Å². The SMILES string of the molecule is COc1ccc(CN2CCCc3ccccc32)cc1C#N. The number of methoxy groups -OCH3 is 1. The van der Waals surface area contributed by atoms with Gasteiger partial charge in [0.1, 0.15) is 11.8 Å².